The minimum atomic E-state index is -0.663. The standard InChI is InChI=1S/C75H145NO5/c1-3-5-7-9-11-13-15-17-19-20-37-40-43-47-51-55-59-63-67-73(78)72(71-77)76-74(79)68-64-60-56-52-48-44-41-38-35-33-31-29-27-25-23-21-22-24-26-28-30-32-34-36-39-42-46-50-54-58-62-66-70-81-75(80)69-65-61-57-53-49-45-18-16-14-12-10-8-6-4-2/h16,18,24,26,72-73,77-78H,3-15,17,19-23,25,27-71H2,1-2H3,(H,76,79)/b18-16-,26-24-. The summed E-state index contributed by atoms with van der Waals surface area (Å²) >= 11 is 0. The summed E-state index contributed by atoms with van der Waals surface area (Å²) in [5.41, 5.74) is 0. The number of esters is 1. The lowest BCUT2D eigenvalue weighted by Gasteiger charge is -2.22. The van der Waals surface area contributed by atoms with E-state index in [1.54, 1.807) is 0 Å². The summed E-state index contributed by atoms with van der Waals surface area (Å²) in [7, 11) is 0. The van der Waals surface area contributed by atoms with Crippen LogP contribution in [0.15, 0.2) is 24.3 Å². The highest BCUT2D eigenvalue weighted by Gasteiger charge is 2.20. The molecule has 0 spiro atoms. The number of ether oxygens (including phenoxy) is 1. The van der Waals surface area contributed by atoms with E-state index in [1.165, 1.54) is 340 Å². The average molecular weight is 1140 g/mol. The number of hydrogen-bond acceptors (Lipinski definition) is 5. The highest BCUT2D eigenvalue weighted by molar-refractivity contribution is 5.76. The molecule has 0 aromatic carbocycles. The quantitative estimate of drug-likeness (QED) is 0.0320. The molecule has 480 valence electrons. The van der Waals surface area contributed by atoms with E-state index in [9.17, 15) is 19.8 Å². The first-order valence-electron chi connectivity index (χ1n) is 37.1. The fourth-order valence-electron chi connectivity index (χ4n) is 11.8. The number of aliphatic hydroxyl groups excluding tert-OH is 2. The molecule has 0 aromatic rings. The molecule has 0 aliphatic carbocycles. The molecule has 0 saturated heterocycles. The number of aliphatic hydroxyl groups is 2. The Hall–Kier alpha value is -1.66. The van der Waals surface area contributed by atoms with Gasteiger partial charge < -0.3 is 20.3 Å². The van der Waals surface area contributed by atoms with Gasteiger partial charge in [-0.3, -0.25) is 9.59 Å². The molecule has 0 radical (unpaired) electrons. The fraction of sp³-hybridized carbons (Fsp3) is 0.920. The van der Waals surface area contributed by atoms with Gasteiger partial charge in [0.05, 0.1) is 25.4 Å². The van der Waals surface area contributed by atoms with Crippen molar-refractivity contribution in [3.8, 4) is 0 Å². The minimum Gasteiger partial charge on any atom is -0.466 e. The summed E-state index contributed by atoms with van der Waals surface area (Å²) in [4.78, 5) is 24.6. The van der Waals surface area contributed by atoms with Crippen molar-refractivity contribution in [2.75, 3.05) is 13.2 Å². The second-order valence-electron chi connectivity index (χ2n) is 25.6. The first kappa shape index (κ1) is 79.3. The zero-order chi connectivity index (χ0) is 58.5. The first-order valence-corrected chi connectivity index (χ1v) is 37.1. The highest BCUT2D eigenvalue weighted by atomic mass is 16.5. The molecule has 6 nitrogen and oxygen atoms in total. The van der Waals surface area contributed by atoms with E-state index in [0.29, 0.717) is 25.9 Å². The van der Waals surface area contributed by atoms with Crippen molar-refractivity contribution in [3.05, 3.63) is 24.3 Å². The number of unbranched alkanes of at least 4 members (excludes halogenated alkanes) is 55. The second kappa shape index (κ2) is 70.8. The van der Waals surface area contributed by atoms with Crippen molar-refractivity contribution in [2.45, 2.75) is 431 Å². The van der Waals surface area contributed by atoms with Gasteiger partial charge in [0.25, 0.3) is 0 Å². The zero-order valence-electron chi connectivity index (χ0n) is 55.0. The molecule has 2 atom stereocenters. The normalized spacial score (nSPS) is 12.6. The van der Waals surface area contributed by atoms with Gasteiger partial charge in [0.15, 0.2) is 0 Å². The van der Waals surface area contributed by atoms with E-state index in [-0.39, 0.29) is 18.5 Å². The van der Waals surface area contributed by atoms with E-state index in [0.717, 1.165) is 44.9 Å². The van der Waals surface area contributed by atoms with Crippen molar-refractivity contribution in [3.63, 3.8) is 0 Å². The monoisotopic (exact) mass is 1140 g/mol. The Labute approximate surface area is 507 Å². The number of rotatable bonds is 70. The molecule has 2 unspecified atom stereocenters. The van der Waals surface area contributed by atoms with E-state index in [4.69, 9.17) is 4.74 Å². The first-order chi connectivity index (χ1) is 40.0. The number of carbonyl (C=O) groups excluding carboxylic acids is 2. The van der Waals surface area contributed by atoms with Crippen LogP contribution in [0.1, 0.15) is 418 Å². The summed E-state index contributed by atoms with van der Waals surface area (Å²) < 4.78 is 5.49. The maximum absolute atomic E-state index is 12.5. The number of allylic oxidation sites excluding steroid dienone is 4. The summed E-state index contributed by atoms with van der Waals surface area (Å²) in [5, 5.41) is 23.4. The molecule has 0 rings (SSSR count). The largest absolute Gasteiger partial charge is 0.466 e. The molecule has 0 aromatic heterocycles. The zero-order valence-corrected chi connectivity index (χ0v) is 55.0. The molecule has 0 aliphatic rings. The SMILES string of the molecule is CCCCCCC/C=C\CCCCCCCC(=O)OCCCCCCCCCCCCCC/C=C\CCCCCCCCCCCCCCCCCCC(=O)NC(CO)C(O)CCCCCCCCCCCCCCCCCCCC. The lowest BCUT2D eigenvalue weighted by atomic mass is 10.0. The van der Waals surface area contributed by atoms with Gasteiger partial charge >= 0.3 is 5.97 Å². The predicted octanol–water partition coefficient (Wildman–Crippen LogP) is 24.1. The van der Waals surface area contributed by atoms with Crippen LogP contribution in [0, 0.1) is 0 Å². The lowest BCUT2D eigenvalue weighted by Crippen LogP contribution is -2.45. The van der Waals surface area contributed by atoms with E-state index >= 15 is 0 Å². The van der Waals surface area contributed by atoms with Gasteiger partial charge in [-0.05, 0) is 77.0 Å². The van der Waals surface area contributed by atoms with Gasteiger partial charge in [-0.2, -0.15) is 0 Å². The third-order valence-electron chi connectivity index (χ3n) is 17.5. The van der Waals surface area contributed by atoms with Crippen LogP contribution in [0.25, 0.3) is 0 Å². The molecule has 6 heteroatoms. The van der Waals surface area contributed by atoms with Crippen LogP contribution >= 0.6 is 0 Å². The molecule has 0 aliphatic heterocycles. The Balaban J connectivity index is 3.35. The maximum atomic E-state index is 12.5. The molecule has 0 heterocycles. The van der Waals surface area contributed by atoms with Gasteiger partial charge in [0.1, 0.15) is 0 Å². The van der Waals surface area contributed by atoms with Crippen molar-refractivity contribution in [1.29, 1.82) is 0 Å². The minimum absolute atomic E-state index is 0.0104. The van der Waals surface area contributed by atoms with Crippen molar-refractivity contribution in [1.82, 2.24) is 5.32 Å². The van der Waals surface area contributed by atoms with Crippen LogP contribution in [0.2, 0.25) is 0 Å². The van der Waals surface area contributed by atoms with Gasteiger partial charge in [0, 0.05) is 12.8 Å². The van der Waals surface area contributed by atoms with Crippen LogP contribution < -0.4 is 5.32 Å². The third-order valence-corrected chi connectivity index (χ3v) is 17.5. The van der Waals surface area contributed by atoms with Crippen LogP contribution in [0.4, 0.5) is 0 Å². The second-order valence-corrected chi connectivity index (χ2v) is 25.6. The maximum Gasteiger partial charge on any atom is 0.305 e. The smallest absolute Gasteiger partial charge is 0.305 e. The molecule has 1 amide bonds. The average Bonchev–Trinajstić information content (AvgIpc) is 3.47. The molecule has 0 fully saturated rings. The van der Waals surface area contributed by atoms with Crippen molar-refractivity contribution < 1.29 is 24.5 Å². The molecule has 3 N–H and O–H groups in total. The van der Waals surface area contributed by atoms with Crippen LogP contribution in [-0.4, -0.2) is 47.4 Å². The molecular formula is C75H145NO5. The van der Waals surface area contributed by atoms with Crippen molar-refractivity contribution >= 4 is 11.9 Å². The molecular weight excluding hydrogens is 995 g/mol. The summed E-state index contributed by atoms with van der Waals surface area (Å²) in [5.74, 6) is -0.0178. The van der Waals surface area contributed by atoms with E-state index < -0.39 is 12.1 Å². The van der Waals surface area contributed by atoms with Gasteiger partial charge in [-0.1, -0.05) is 353 Å². The number of hydrogen-bond donors (Lipinski definition) is 3. The Morgan fingerprint density at radius 2 is 0.580 bits per heavy atom. The summed E-state index contributed by atoms with van der Waals surface area (Å²) in [6.45, 7) is 4.98. The van der Waals surface area contributed by atoms with E-state index in [1.807, 2.05) is 0 Å². The number of nitrogens with one attached hydrogen (secondary N) is 1. The molecule has 0 saturated carbocycles. The predicted molar refractivity (Wildman–Crippen MR) is 356 cm³/mol. The van der Waals surface area contributed by atoms with Crippen LogP contribution in [0.3, 0.4) is 0 Å². The van der Waals surface area contributed by atoms with Gasteiger partial charge in [0.2, 0.25) is 5.91 Å². The lowest BCUT2D eigenvalue weighted by molar-refractivity contribution is -0.143. The Morgan fingerprint density at radius 1 is 0.333 bits per heavy atom. The number of carbonyl (C=O) groups is 2. The van der Waals surface area contributed by atoms with Crippen LogP contribution in [-0.2, 0) is 14.3 Å². The fourth-order valence-corrected chi connectivity index (χ4v) is 11.8. The van der Waals surface area contributed by atoms with Gasteiger partial charge in [-0.25, -0.2) is 0 Å². The Bertz CT molecular complexity index is 1270. The highest BCUT2D eigenvalue weighted by Crippen LogP contribution is 2.19. The topological polar surface area (TPSA) is 95.9 Å². The van der Waals surface area contributed by atoms with Crippen LogP contribution in [0.5, 0.6) is 0 Å². The summed E-state index contributed by atoms with van der Waals surface area (Å²) in [6, 6.07) is -0.540. The Kier molecular flexibility index (Phi) is 69.4. The van der Waals surface area contributed by atoms with E-state index in [2.05, 4.69) is 43.5 Å². The third kappa shape index (κ3) is 67.3. The Morgan fingerprint density at radius 3 is 0.877 bits per heavy atom. The van der Waals surface area contributed by atoms with Crippen molar-refractivity contribution in [2.24, 2.45) is 0 Å². The molecule has 0 bridgehead atoms. The van der Waals surface area contributed by atoms with Gasteiger partial charge in [-0.15, -0.1) is 0 Å². The number of amides is 1. The molecule has 81 heavy (non-hydrogen) atoms. The summed E-state index contributed by atoms with van der Waals surface area (Å²) in [6.07, 6.45) is 89.6.